The van der Waals surface area contributed by atoms with Gasteiger partial charge < -0.3 is 5.11 Å². The number of aryl methyl sites for hydroxylation is 3. The maximum Gasteiger partial charge on any atom is 0.149 e. The molecular formula is C58H61N3O. The smallest absolute Gasteiger partial charge is 0.149 e. The van der Waals surface area contributed by atoms with Crippen molar-refractivity contribution in [1.29, 1.82) is 0 Å². The lowest BCUT2D eigenvalue weighted by Crippen LogP contribution is -2.11. The second-order valence-electron chi connectivity index (χ2n) is 18.5. The Morgan fingerprint density at radius 3 is 1.92 bits per heavy atom. The number of phenolic OH excluding ortho intramolecular Hbond substituents is 1. The van der Waals surface area contributed by atoms with Crippen molar-refractivity contribution >= 4 is 11.0 Å². The van der Waals surface area contributed by atoms with Gasteiger partial charge in [-0.2, -0.15) is 0 Å². The van der Waals surface area contributed by atoms with E-state index in [4.69, 9.17) is 18.2 Å². The van der Waals surface area contributed by atoms with Gasteiger partial charge in [-0.1, -0.05) is 135 Å². The van der Waals surface area contributed by atoms with Crippen LogP contribution in [0.5, 0.6) is 5.75 Å². The number of rotatable bonds is 9. The molecule has 8 aromatic rings. The van der Waals surface area contributed by atoms with Crippen LogP contribution in [0.25, 0.3) is 72.7 Å². The molecule has 0 aliphatic heterocycles. The van der Waals surface area contributed by atoms with E-state index in [1.165, 1.54) is 0 Å². The molecule has 0 fully saturated rings. The maximum atomic E-state index is 11.8. The van der Waals surface area contributed by atoms with Gasteiger partial charge in [0.15, 0.2) is 0 Å². The fraction of sp³-hybridized carbons (Fsp3) is 0.276. The highest BCUT2D eigenvalue weighted by atomic mass is 16.3. The van der Waals surface area contributed by atoms with Gasteiger partial charge in [-0.25, -0.2) is 4.98 Å². The van der Waals surface area contributed by atoms with Gasteiger partial charge in [-0.15, -0.1) is 0 Å². The number of fused-ring (bicyclic) bond motifs is 1. The Kier molecular flexibility index (Phi) is 9.43. The van der Waals surface area contributed by atoms with Gasteiger partial charge in [0.25, 0.3) is 0 Å². The van der Waals surface area contributed by atoms with E-state index in [0.717, 1.165) is 66.9 Å². The molecule has 0 radical (unpaired) electrons. The third kappa shape index (κ3) is 8.23. The van der Waals surface area contributed by atoms with Crippen molar-refractivity contribution in [1.82, 2.24) is 14.5 Å². The van der Waals surface area contributed by atoms with Crippen LogP contribution in [-0.4, -0.2) is 19.6 Å². The van der Waals surface area contributed by atoms with Crippen molar-refractivity contribution in [3.63, 3.8) is 0 Å². The number of phenols is 1. The first-order chi connectivity index (χ1) is 31.6. The van der Waals surface area contributed by atoms with Crippen molar-refractivity contribution in [3.8, 4) is 67.5 Å². The molecule has 62 heavy (non-hydrogen) atoms. The number of nitrogens with zero attached hydrogens (tertiary/aromatic N) is 3. The molecule has 4 heteroatoms. The molecule has 0 aliphatic carbocycles. The second-order valence-corrected chi connectivity index (χ2v) is 18.5. The Morgan fingerprint density at radius 2 is 1.26 bits per heavy atom. The lowest BCUT2D eigenvalue weighted by molar-refractivity contribution is 0.472. The van der Waals surface area contributed by atoms with Crippen LogP contribution in [-0.2, 0) is 5.41 Å². The number of hydrogen-bond donors (Lipinski definition) is 1. The number of imidazole rings is 1. The zero-order chi connectivity index (χ0) is 49.5. The minimum absolute atomic E-state index is 0.0575. The Balaban J connectivity index is 1.37. The van der Waals surface area contributed by atoms with Crippen LogP contribution in [0.3, 0.4) is 0 Å². The first-order valence-corrected chi connectivity index (χ1v) is 21.4. The number of para-hydroxylation sites is 1. The summed E-state index contributed by atoms with van der Waals surface area (Å²) < 4.78 is 55.1. The SMILES string of the molecule is [2H]C([2H])([2H])c1cc(-c2cc(C([2H])(C)C)cc(C([2H])(C)C)c2)ccc1-n1c(-c2cc(C)cc(C)c2O)nc2c(-c3cc(-c4cc(-c5ccc(C([2H])(C)C)cc5)ccn4)cc(C(C)(C)C)c3)cccc21. The summed E-state index contributed by atoms with van der Waals surface area (Å²) in [6, 6.07) is 39.7. The molecule has 0 saturated heterocycles. The molecule has 0 atom stereocenters. The molecule has 0 aliphatic rings. The molecule has 0 unspecified atom stereocenters. The standard InChI is InChI=1S/C58H61N3O/c1-34(2)40-16-18-41(19-17-40)43-22-23-59-52(33-43)48-30-47(31-49(32-48)58(10,11)12)50-14-13-15-54-55(50)60-57(51-25-37(7)24-39(9)56(51)62)61(54)53-21-20-42(26-38(53)8)46-28-44(35(3)4)27-45(29-46)36(5)6/h13-36,62H,1-12H3/i8D3,34D,35D,36D. The summed E-state index contributed by atoms with van der Waals surface area (Å²) in [5.74, 6) is -2.16. The van der Waals surface area contributed by atoms with E-state index in [1.54, 1.807) is 6.07 Å². The van der Waals surface area contributed by atoms with Crippen LogP contribution >= 0.6 is 0 Å². The van der Waals surface area contributed by atoms with Gasteiger partial charge in [0.2, 0.25) is 0 Å². The Labute approximate surface area is 377 Å². The highest BCUT2D eigenvalue weighted by molar-refractivity contribution is 5.97. The predicted octanol–water partition coefficient (Wildman–Crippen LogP) is 16.1. The fourth-order valence-electron chi connectivity index (χ4n) is 8.30. The monoisotopic (exact) mass is 822 g/mol. The number of aromatic nitrogens is 3. The van der Waals surface area contributed by atoms with Crippen molar-refractivity contribution in [2.24, 2.45) is 0 Å². The van der Waals surface area contributed by atoms with E-state index in [-0.39, 0.29) is 16.7 Å². The number of benzene rings is 6. The molecule has 2 aromatic heterocycles. The summed E-state index contributed by atoms with van der Waals surface area (Å²) in [5, 5.41) is 11.8. The molecule has 0 saturated carbocycles. The first kappa shape index (κ1) is 35.3. The molecule has 314 valence electrons. The van der Waals surface area contributed by atoms with Crippen LogP contribution in [0.2, 0.25) is 0 Å². The average Bonchev–Trinajstić information content (AvgIpc) is 3.65. The summed E-state index contributed by atoms with van der Waals surface area (Å²) in [5.41, 5.74) is 14.0. The fourth-order valence-corrected chi connectivity index (χ4v) is 8.30. The Morgan fingerprint density at radius 1 is 0.597 bits per heavy atom. The minimum Gasteiger partial charge on any atom is -0.507 e. The van der Waals surface area contributed by atoms with E-state index in [1.807, 2.05) is 145 Å². The maximum absolute atomic E-state index is 11.8. The van der Waals surface area contributed by atoms with E-state index in [9.17, 15) is 5.11 Å². The van der Waals surface area contributed by atoms with Gasteiger partial charge in [0.1, 0.15) is 11.6 Å². The molecule has 0 spiro atoms. The third-order valence-electron chi connectivity index (χ3n) is 12.0. The van der Waals surface area contributed by atoms with E-state index in [0.29, 0.717) is 39.2 Å². The quantitative estimate of drug-likeness (QED) is 0.158. The largest absolute Gasteiger partial charge is 0.507 e. The van der Waals surface area contributed by atoms with Gasteiger partial charge in [0.05, 0.1) is 28.0 Å². The molecule has 0 amide bonds. The van der Waals surface area contributed by atoms with Gasteiger partial charge in [-0.05, 0) is 159 Å². The predicted molar refractivity (Wildman–Crippen MR) is 263 cm³/mol. The van der Waals surface area contributed by atoms with E-state index < -0.39 is 24.5 Å². The minimum atomic E-state index is -2.58. The highest BCUT2D eigenvalue weighted by Crippen LogP contribution is 2.42. The second kappa shape index (κ2) is 16.5. The molecule has 0 bridgehead atoms. The number of aromatic hydroxyl groups is 1. The zero-order valence-electron chi connectivity index (χ0n) is 43.9. The number of hydrogen-bond acceptors (Lipinski definition) is 3. The van der Waals surface area contributed by atoms with E-state index in [2.05, 4.69) is 57.2 Å². The Bertz CT molecular complexity index is 3190. The van der Waals surface area contributed by atoms with Crippen LogP contribution in [0.4, 0.5) is 0 Å². The number of pyridine rings is 1. The lowest BCUT2D eigenvalue weighted by Gasteiger charge is -2.22. The topological polar surface area (TPSA) is 50.9 Å². The Hall–Kier alpha value is -6.26. The third-order valence-corrected chi connectivity index (χ3v) is 12.0. The zero-order valence-corrected chi connectivity index (χ0v) is 37.9. The molecular weight excluding hydrogens is 755 g/mol. The molecule has 8 rings (SSSR count). The van der Waals surface area contributed by atoms with E-state index >= 15 is 0 Å². The van der Waals surface area contributed by atoms with Gasteiger partial charge >= 0.3 is 0 Å². The van der Waals surface area contributed by atoms with Gasteiger partial charge in [-0.3, -0.25) is 9.55 Å². The highest BCUT2D eigenvalue weighted by Gasteiger charge is 2.24. The van der Waals surface area contributed by atoms with Crippen LogP contribution in [0.1, 0.15) is 127 Å². The summed E-state index contributed by atoms with van der Waals surface area (Å²) in [7, 11) is 0. The van der Waals surface area contributed by atoms with Crippen molar-refractivity contribution < 1.29 is 13.3 Å². The average molecular weight is 822 g/mol. The molecule has 1 N–H and O–H groups in total. The van der Waals surface area contributed by atoms with Crippen LogP contribution in [0, 0.1) is 20.7 Å². The van der Waals surface area contributed by atoms with Crippen molar-refractivity contribution in [2.75, 3.05) is 0 Å². The molecule has 2 heterocycles. The lowest BCUT2D eigenvalue weighted by atomic mass is 9.83. The van der Waals surface area contributed by atoms with Crippen molar-refractivity contribution in [3.05, 3.63) is 166 Å². The normalized spacial score (nSPS) is 14.2. The summed E-state index contributed by atoms with van der Waals surface area (Å²) >= 11 is 0. The first-order valence-electron chi connectivity index (χ1n) is 24.4. The summed E-state index contributed by atoms with van der Waals surface area (Å²) in [6.07, 6.45) is 1.83. The summed E-state index contributed by atoms with van der Waals surface area (Å²) in [6.45, 7) is 18.8. The molecule has 4 nitrogen and oxygen atoms in total. The van der Waals surface area contributed by atoms with Crippen LogP contribution in [0.15, 0.2) is 128 Å². The molecule has 6 aromatic carbocycles. The summed E-state index contributed by atoms with van der Waals surface area (Å²) in [4.78, 5) is 10.3. The van der Waals surface area contributed by atoms with Gasteiger partial charge in [0, 0.05) is 25.5 Å². The van der Waals surface area contributed by atoms with Crippen LogP contribution < -0.4 is 0 Å². The van der Waals surface area contributed by atoms with Crippen molar-refractivity contribution in [2.45, 2.75) is 106 Å².